The Morgan fingerprint density at radius 3 is 1.70 bits per heavy atom. The van der Waals surface area contributed by atoms with Crippen LogP contribution in [-0.2, 0) is 0 Å². The molecule has 1 aliphatic heterocycles. The summed E-state index contributed by atoms with van der Waals surface area (Å²) < 4.78 is 0. The van der Waals surface area contributed by atoms with E-state index in [1.54, 1.807) is 0 Å². The SMILES string of the molecule is CN1CCN(C)B1P(C)C. The van der Waals surface area contributed by atoms with E-state index in [-0.39, 0.29) is 7.80 Å². The number of hydrogen-bond donors (Lipinski definition) is 0. The van der Waals surface area contributed by atoms with E-state index in [2.05, 4.69) is 37.0 Å². The van der Waals surface area contributed by atoms with Crippen molar-refractivity contribution in [2.24, 2.45) is 0 Å². The Labute approximate surface area is 65.4 Å². The van der Waals surface area contributed by atoms with Crippen molar-refractivity contribution in [2.75, 3.05) is 40.5 Å². The molecule has 0 aliphatic carbocycles. The Kier molecular flexibility index (Phi) is 2.73. The van der Waals surface area contributed by atoms with E-state index >= 15 is 0 Å². The van der Waals surface area contributed by atoms with Crippen molar-refractivity contribution < 1.29 is 0 Å². The van der Waals surface area contributed by atoms with Crippen molar-refractivity contribution in [3.05, 3.63) is 0 Å². The molecule has 0 amide bonds. The minimum absolute atomic E-state index is 0.172. The fourth-order valence-corrected chi connectivity index (χ4v) is 3.48. The monoisotopic (exact) mass is 158 g/mol. The van der Waals surface area contributed by atoms with E-state index in [1.807, 2.05) is 0 Å². The van der Waals surface area contributed by atoms with Gasteiger partial charge in [-0.15, -0.1) is 7.80 Å². The van der Waals surface area contributed by atoms with E-state index in [9.17, 15) is 0 Å². The van der Waals surface area contributed by atoms with Gasteiger partial charge < -0.3 is 9.62 Å². The van der Waals surface area contributed by atoms with E-state index in [1.165, 1.54) is 13.1 Å². The maximum absolute atomic E-state index is 2.45. The largest absolute Gasteiger partial charge is 0.339 e. The highest BCUT2D eigenvalue weighted by Crippen LogP contribution is 2.34. The molecule has 1 fully saturated rings. The summed E-state index contributed by atoms with van der Waals surface area (Å²) in [5.41, 5.74) is 0. The van der Waals surface area contributed by atoms with Gasteiger partial charge in [0.15, 0.2) is 0 Å². The summed E-state index contributed by atoms with van der Waals surface area (Å²) in [7, 11) is 4.61. The van der Waals surface area contributed by atoms with Gasteiger partial charge in [0, 0.05) is 13.1 Å². The lowest BCUT2D eigenvalue weighted by atomic mass is 10.1. The molecule has 0 bridgehead atoms. The molecule has 0 radical (unpaired) electrons. The third-order valence-electron chi connectivity index (χ3n) is 2.06. The second-order valence-corrected chi connectivity index (χ2v) is 5.66. The highest BCUT2D eigenvalue weighted by molar-refractivity contribution is 7.88. The maximum atomic E-state index is 2.45. The Bertz CT molecular complexity index is 110. The lowest BCUT2D eigenvalue weighted by Gasteiger charge is -2.23. The predicted molar refractivity (Wildman–Crippen MR) is 49.8 cm³/mol. The van der Waals surface area contributed by atoms with E-state index in [4.69, 9.17) is 0 Å². The van der Waals surface area contributed by atoms with Crippen LogP contribution in [0.2, 0.25) is 0 Å². The first-order valence-electron chi connectivity index (χ1n) is 3.70. The molecular formula is C6H16BN2P. The molecule has 0 aromatic heterocycles. The Morgan fingerprint density at radius 2 is 1.50 bits per heavy atom. The number of rotatable bonds is 1. The molecule has 4 heteroatoms. The van der Waals surface area contributed by atoms with Crippen molar-refractivity contribution in [3.8, 4) is 0 Å². The summed E-state index contributed by atoms with van der Waals surface area (Å²) in [5.74, 6) is 0. The van der Waals surface area contributed by atoms with Crippen LogP contribution in [0.1, 0.15) is 0 Å². The normalized spacial score (nSPS) is 23.1. The summed E-state index contributed by atoms with van der Waals surface area (Å²) in [6, 6.07) is 0. The first kappa shape index (κ1) is 8.51. The molecule has 1 aliphatic rings. The van der Waals surface area contributed by atoms with Gasteiger partial charge in [-0.3, -0.25) is 0 Å². The number of nitrogens with zero attached hydrogens (tertiary/aromatic N) is 2. The van der Waals surface area contributed by atoms with Crippen LogP contribution in [0.3, 0.4) is 0 Å². The maximum Gasteiger partial charge on any atom is 0.339 e. The molecule has 2 nitrogen and oxygen atoms in total. The topological polar surface area (TPSA) is 6.48 Å². The van der Waals surface area contributed by atoms with Gasteiger partial charge in [-0.1, -0.05) is 0 Å². The zero-order chi connectivity index (χ0) is 7.72. The zero-order valence-electron chi connectivity index (χ0n) is 7.33. The predicted octanol–water partition coefficient (Wildman–Crippen LogP) is 0.590. The standard InChI is InChI=1S/C6H16BN2P/c1-8-5-6-9(2)7(8)10(3)4/h5-6H2,1-4H3. The first-order valence-corrected chi connectivity index (χ1v) is 6.00. The van der Waals surface area contributed by atoms with Crippen molar-refractivity contribution in [1.82, 2.24) is 9.62 Å². The lowest BCUT2D eigenvalue weighted by molar-refractivity contribution is 0.553. The molecule has 0 N–H and O–H groups in total. The average molecular weight is 158 g/mol. The van der Waals surface area contributed by atoms with Crippen molar-refractivity contribution in [2.45, 2.75) is 0 Å². The van der Waals surface area contributed by atoms with Crippen molar-refractivity contribution >= 4 is 14.5 Å². The van der Waals surface area contributed by atoms with Gasteiger partial charge in [0.1, 0.15) is 0 Å². The van der Waals surface area contributed by atoms with Crippen LogP contribution in [0.15, 0.2) is 0 Å². The van der Waals surface area contributed by atoms with Crippen LogP contribution >= 0.6 is 7.80 Å². The van der Waals surface area contributed by atoms with Gasteiger partial charge in [-0.05, 0) is 27.4 Å². The fraction of sp³-hybridized carbons (Fsp3) is 1.00. The van der Waals surface area contributed by atoms with Crippen LogP contribution in [0, 0.1) is 0 Å². The van der Waals surface area contributed by atoms with E-state index in [0.29, 0.717) is 0 Å². The molecule has 0 saturated carbocycles. The molecule has 0 aromatic carbocycles. The second kappa shape index (κ2) is 3.21. The third-order valence-corrected chi connectivity index (χ3v) is 3.77. The van der Waals surface area contributed by atoms with Gasteiger partial charge in [0.05, 0.1) is 0 Å². The summed E-state index contributed by atoms with van der Waals surface area (Å²) in [4.78, 5) is 4.90. The summed E-state index contributed by atoms with van der Waals surface area (Å²) in [5, 5.41) is 0. The summed E-state index contributed by atoms with van der Waals surface area (Å²) in [6.45, 7) is 7.90. The van der Waals surface area contributed by atoms with Crippen LogP contribution < -0.4 is 0 Å². The molecule has 58 valence electrons. The van der Waals surface area contributed by atoms with Gasteiger partial charge in [-0.25, -0.2) is 0 Å². The smallest absolute Gasteiger partial charge is 0.326 e. The fourth-order valence-electron chi connectivity index (χ4n) is 1.67. The molecular weight excluding hydrogens is 142 g/mol. The molecule has 0 aromatic rings. The highest BCUT2D eigenvalue weighted by Gasteiger charge is 2.33. The minimum Gasteiger partial charge on any atom is -0.326 e. The van der Waals surface area contributed by atoms with Gasteiger partial charge >= 0.3 is 6.70 Å². The molecule has 1 heterocycles. The average Bonchev–Trinajstić information content (AvgIpc) is 2.11. The third kappa shape index (κ3) is 1.53. The lowest BCUT2D eigenvalue weighted by Crippen LogP contribution is -2.37. The Hall–Kier alpha value is 0.415. The van der Waals surface area contributed by atoms with Crippen LogP contribution in [0.25, 0.3) is 0 Å². The van der Waals surface area contributed by atoms with Crippen LogP contribution in [0.5, 0.6) is 0 Å². The zero-order valence-corrected chi connectivity index (χ0v) is 8.23. The highest BCUT2D eigenvalue weighted by atomic mass is 31.1. The Morgan fingerprint density at radius 1 is 1.10 bits per heavy atom. The van der Waals surface area contributed by atoms with Gasteiger partial charge in [-0.2, -0.15) is 0 Å². The van der Waals surface area contributed by atoms with Crippen LogP contribution in [-0.4, -0.2) is 56.8 Å². The number of hydrogen-bond acceptors (Lipinski definition) is 2. The van der Waals surface area contributed by atoms with E-state index in [0.717, 1.165) is 6.70 Å². The molecule has 0 spiro atoms. The molecule has 0 atom stereocenters. The quantitative estimate of drug-likeness (QED) is 0.407. The molecule has 0 unspecified atom stereocenters. The van der Waals surface area contributed by atoms with Crippen molar-refractivity contribution in [3.63, 3.8) is 0 Å². The molecule has 1 saturated heterocycles. The molecule has 1 rings (SSSR count). The van der Waals surface area contributed by atoms with Crippen molar-refractivity contribution in [1.29, 1.82) is 0 Å². The van der Waals surface area contributed by atoms with Gasteiger partial charge in [0.2, 0.25) is 0 Å². The second-order valence-electron chi connectivity index (χ2n) is 3.27. The first-order chi connectivity index (χ1) is 4.63. The summed E-state index contributed by atoms with van der Waals surface area (Å²) in [6.07, 6.45) is 0. The molecule has 10 heavy (non-hydrogen) atoms. The van der Waals surface area contributed by atoms with Crippen LogP contribution in [0.4, 0.5) is 0 Å². The summed E-state index contributed by atoms with van der Waals surface area (Å²) >= 11 is 0. The van der Waals surface area contributed by atoms with Gasteiger partial charge in [0.25, 0.3) is 0 Å². The minimum atomic E-state index is 0.172. The van der Waals surface area contributed by atoms with E-state index < -0.39 is 0 Å². The Balaban J connectivity index is 2.54. The number of likely N-dealkylation sites (N-methyl/N-ethyl adjacent to an activating group) is 2.